The molecule has 0 radical (unpaired) electrons. The highest BCUT2D eigenvalue weighted by molar-refractivity contribution is 7.89. The number of nitrogens with zero attached hydrogens (tertiary/aromatic N) is 1. The fourth-order valence-electron chi connectivity index (χ4n) is 3.07. The Kier molecular flexibility index (Phi) is 8.84. The molecule has 0 spiro atoms. The minimum atomic E-state index is -3.85. The second kappa shape index (κ2) is 10.9. The molecule has 0 aliphatic carbocycles. The number of benzene rings is 1. The number of ether oxygens (including phenoxy) is 1. The maximum atomic E-state index is 12.9. The van der Waals surface area contributed by atoms with Gasteiger partial charge in [-0.3, -0.25) is 4.79 Å². The molecule has 0 unspecified atom stereocenters. The molecule has 1 amide bonds. The first-order valence-electron chi connectivity index (χ1n) is 9.76. The number of rotatable bonds is 11. The van der Waals surface area contributed by atoms with Gasteiger partial charge in [0.15, 0.2) is 0 Å². The van der Waals surface area contributed by atoms with E-state index in [1.54, 1.807) is 23.5 Å². The van der Waals surface area contributed by atoms with Crippen LogP contribution in [0.1, 0.15) is 31.9 Å². The van der Waals surface area contributed by atoms with Crippen molar-refractivity contribution in [1.29, 1.82) is 0 Å². The minimum Gasteiger partial charge on any atom is -0.497 e. The molecule has 1 heterocycles. The van der Waals surface area contributed by atoms with Crippen LogP contribution in [0.15, 0.2) is 46.0 Å². The lowest BCUT2D eigenvalue weighted by Crippen LogP contribution is -2.48. The maximum absolute atomic E-state index is 12.9. The summed E-state index contributed by atoms with van der Waals surface area (Å²) in [5.41, 5.74) is 1.12. The molecule has 2 rings (SSSR count). The van der Waals surface area contributed by atoms with E-state index in [2.05, 4.69) is 15.4 Å². The first-order valence-corrected chi connectivity index (χ1v) is 12.2. The van der Waals surface area contributed by atoms with Crippen LogP contribution in [0.5, 0.6) is 5.75 Å². The van der Waals surface area contributed by atoms with E-state index >= 15 is 0 Å². The van der Waals surface area contributed by atoms with Gasteiger partial charge >= 0.3 is 0 Å². The number of sulfonamides is 1. The van der Waals surface area contributed by atoms with Crippen molar-refractivity contribution >= 4 is 27.3 Å². The van der Waals surface area contributed by atoms with Crippen LogP contribution in [0.2, 0.25) is 0 Å². The SMILES string of the molecule is COc1ccc(S(=O)(=O)N[C@H](CC(C)C)C(=O)NC[C@@H](c2ccsc2)N(C)C)cc1. The zero-order chi connectivity index (χ0) is 22.3. The van der Waals surface area contributed by atoms with Crippen molar-refractivity contribution in [2.45, 2.75) is 37.2 Å². The van der Waals surface area contributed by atoms with Gasteiger partial charge in [-0.25, -0.2) is 8.42 Å². The lowest BCUT2D eigenvalue weighted by molar-refractivity contribution is -0.123. The van der Waals surface area contributed by atoms with E-state index in [9.17, 15) is 13.2 Å². The van der Waals surface area contributed by atoms with E-state index in [1.165, 1.54) is 19.2 Å². The number of likely N-dealkylation sites (N-methyl/N-ethyl adjacent to an activating group) is 1. The van der Waals surface area contributed by atoms with Gasteiger partial charge in [0.05, 0.1) is 18.0 Å². The molecule has 0 aliphatic heterocycles. The molecule has 9 heteroatoms. The Balaban J connectivity index is 2.12. The summed E-state index contributed by atoms with van der Waals surface area (Å²) >= 11 is 1.60. The van der Waals surface area contributed by atoms with E-state index in [0.29, 0.717) is 18.7 Å². The summed E-state index contributed by atoms with van der Waals surface area (Å²) in [6.45, 7) is 4.30. The number of thiophene rings is 1. The molecule has 7 nitrogen and oxygen atoms in total. The third-order valence-electron chi connectivity index (χ3n) is 4.71. The van der Waals surface area contributed by atoms with E-state index in [-0.39, 0.29) is 22.8 Å². The van der Waals surface area contributed by atoms with Crippen LogP contribution in [0.3, 0.4) is 0 Å². The zero-order valence-electron chi connectivity index (χ0n) is 18.1. The lowest BCUT2D eigenvalue weighted by Gasteiger charge is -2.26. The van der Waals surface area contributed by atoms with Crippen LogP contribution in [0.4, 0.5) is 0 Å². The highest BCUT2D eigenvalue weighted by atomic mass is 32.2. The molecule has 2 N–H and O–H groups in total. The van der Waals surface area contributed by atoms with Gasteiger partial charge in [-0.2, -0.15) is 16.1 Å². The van der Waals surface area contributed by atoms with Gasteiger partial charge in [0, 0.05) is 6.54 Å². The van der Waals surface area contributed by atoms with Crippen LogP contribution in [-0.2, 0) is 14.8 Å². The Morgan fingerprint density at radius 1 is 1.17 bits per heavy atom. The van der Waals surface area contributed by atoms with E-state index < -0.39 is 16.1 Å². The highest BCUT2D eigenvalue weighted by Crippen LogP contribution is 2.20. The van der Waals surface area contributed by atoms with Crippen molar-refractivity contribution in [3.63, 3.8) is 0 Å². The normalized spacial score (nSPS) is 14.0. The first-order chi connectivity index (χ1) is 14.1. The van der Waals surface area contributed by atoms with Crippen LogP contribution >= 0.6 is 11.3 Å². The highest BCUT2D eigenvalue weighted by Gasteiger charge is 2.27. The maximum Gasteiger partial charge on any atom is 0.241 e. The summed E-state index contributed by atoms with van der Waals surface area (Å²) in [6, 6.07) is 7.26. The van der Waals surface area contributed by atoms with Gasteiger partial charge in [0.25, 0.3) is 0 Å². The standard InChI is InChI=1S/C21H31N3O4S2/c1-15(2)12-19(23-30(26,27)18-8-6-17(28-5)7-9-18)21(25)22-13-20(24(3)4)16-10-11-29-14-16/h6-11,14-15,19-20,23H,12-13H2,1-5H3,(H,22,25)/t19-,20+/m1/s1. The number of hydrogen-bond acceptors (Lipinski definition) is 6. The average Bonchev–Trinajstić information content (AvgIpc) is 3.21. The second-order valence-corrected chi connectivity index (χ2v) is 10.3. The molecule has 30 heavy (non-hydrogen) atoms. The average molecular weight is 454 g/mol. The van der Waals surface area contributed by atoms with Gasteiger partial charge in [-0.15, -0.1) is 0 Å². The molecule has 1 aromatic carbocycles. The molecule has 0 saturated heterocycles. The number of carbonyl (C=O) groups excluding carboxylic acids is 1. The van der Waals surface area contributed by atoms with Gasteiger partial charge in [-0.05, 0) is 73.1 Å². The largest absolute Gasteiger partial charge is 0.497 e. The molecular formula is C21H31N3O4S2. The first kappa shape index (κ1) is 24.3. The Bertz CT molecular complexity index is 895. The minimum absolute atomic E-state index is 0.0121. The topological polar surface area (TPSA) is 87.7 Å². The predicted octanol–water partition coefficient (Wildman–Crippen LogP) is 2.87. The van der Waals surface area contributed by atoms with Crippen LogP contribution < -0.4 is 14.8 Å². The van der Waals surface area contributed by atoms with Crippen LogP contribution in [0.25, 0.3) is 0 Å². The Hall–Kier alpha value is -1.94. The Morgan fingerprint density at radius 3 is 2.33 bits per heavy atom. The summed E-state index contributed by atoms with van der Waals surface area (Å²) in [4.78, 5) is 15.0. The molecule has 0 saturated carbocycles. The van der Waals surface area contributed by atoms with Crippen molar-refractivity contribution in [2.24, 2.45) is 5.92 Å². The van der Waals surface area contributed by atoms with E-state index in [1.807, 2.05) is 44.3 Å². The summed E-state index contributed by atoms with van der Waals surface area (Å²) in [7, 11) is 1.57. The van der Waals surface area contributed by atoms with Crippen molar-refractivity contribution in [3.05, 3.63) is 46.7 Å². The van der Waals surface area contributed by atoms with Crippen molar-refractivity contribution in [3.8, 4) is 5.75 Å². The fraction of sp³-hybridized carbons (Fsp3) is 0.476. The number of methoxy groups -OCH3 is 1. The monoisotopic (exact) mass is 453 g/mol. The number of carbonyl (C=O) groups is 1. The smallest absolute Gasteiger partial charge is 0.241 e. The number of amides is 1. The molecule has 2 atom stereocenters. The Labute approximate surface area is 183 Å². The summed E-state index contributed by atoms with van der Waals surface area (Å²) in [5.74, 6) is 0.372. The van der Waals surface area contributed by atoms with Gasteiger partial charge < -0.3 is 15.0 Å². The molecular weight excluding hydrogens is 422 g/mol. The zero-order valence-corrected chi connectivity index (χ0v) is 19.7. The second-order valence-electron chi connectivity index (χ2n) is 7.76. The predicted molar refractivity (Wildman–Crippen MR) is 120 cm³/mol. The molecule has 0 aliphatic rings. The third kappa shape index (κ3) is 6.80. The molecule has 166 valence electrons. The summed E-state index contributed by atoms with van der Waals surface area (Å²) < 4.78 is 33.3. The van der Waals surface area contributed by atoms with Gasteiger partial charge in [0.1, 0.15) is 11.8 Å². The summed E-state index contributed by atoms with van der Waals surface area (Å²) in [6.07, 6.45) is 0.395. The fourth-order valence-corrected chi connectivity index (χ4v) is 4.99. The van der Waals surface area contributed by atoms with E-state index in [0.717, 1.165) is 5.56 Å². The molecule has 2 aromatic rings. The van der Waals surface area contributed by atoms with Crippen molar-refractivity contribution in [2.75, 3.05) is 27.7 Å². The van der Waals surface area contributed by atoms with Crippen molar-refractivity contribution in [1.82, 2.24) is 14.9 Å². The summed E-state index contributed by atoms with van der Waals surface area (Å²) in [5, 5.41) is 6.98. The molecule has 0 bridgehead atoms. The number of hydrogen-bond donors (Lipinski definition) is 2. The molecule has 1 aromatic heterocycles. The molecule has 0 fully saturated rings. The van der Waals surface area contributed by atoms with E-state index in [4.69, 9.17) is 4.74 Å². The number of nitrogens with one attached hydrogen (secondary N) is 2. The van der Waals surface area contributed by atoms with Crippen molar-refractivity contribution < 1.29 is 17.9 Å². The van der Waals surface area contributed by atoms with Crippen LogP contribution in [-0.4, -0.2) is 53.0 Å². The van der Waals surface area contributed by atoms with Gasteiger partial charge in [-0.1, -0.05) is 13.8 Å². The quantitative estimate of drug-likeness (QED) is 0.546. The van der Waals surface area contributed by atoms with Gasteiger partial charge in [0.2, 0.25) is 15.9 Å². The third-order valence-corrected chi connectivity index (χ3v) is 6.90. The Morgan fingerprint density at radius 2 is 1.83 bits per heavy atom. The van der Waals surface area contributed by atoms with Crippen LogP contribution in [0, 0.1) is 5.92 Å². The lowest BCUT2D eigenvalue weighted by atomic mass is 10.0.